The van der Waals surface area contributed by atoms with Crippen molar-refractivity contribution in [3.8, 4) is 11.5 Å². The number of amides is 1. The number of carbonyl (C=O) groups is 1. The van der Waals surface area contributed by atoms with Crippen molar-refractivity contribution in [3.63, 3.8) is 0 Å². The maximum atomic E-state index is 12.8. The van der Waals surface area contributed by atoms with Crippen LogP contribution < -0.4 is 20.1 Å². The number of likely N-dealkylation sites (N-methyl/N-ethyl adjacent to an activating group) is 1. The van der Waals surface area contributed by atoms with E-state index in [9.17, 15) is 4.79 Å². The fraction of sp³-hybridized carbons (Fsp3) is 0.267. The molecule has 1 fully saturated rings. The lowest BCUT2D eigenvalue weighted by Crippen LogP contribution is -2.23. The lowest BCUT2D eigenvalue weighted by molar-refractivity contribution is -0.112. The van der Waals surface area contributed by atoms with E-state index in [1.807, 2.05) is 43.3 Å². The topological polar surface area (TPSA) is 102 Å². The van der Waals surface area contributed by atoms with Gasteiger partial charge in [-0.2, -0.15) is 0 Å². The number of ether oxygens (including phenoxy) is 2. The highest BCUT2D eigenvalue weighted by atomic mass is 35.5. The van der Waals surface area contributed by atoms with Gasteiger partial charge in [-0.3, -0.25) is 14.7 Å². The zero-order valence-corrected chi connectivity index (χ0v) is 23.2. The van der Waals surface area contributed by atoms with Crippen molar-refractivity contribution in [2.45, 2.75) is 32.4 Å². The Morgan fingerprint density at radius 3 is 2.77 bits per heavy atom. The first-order chi connectivity index (χ1) is 19.5. The summed E-state index contributed by atoms with van der Waals surface area (Å²) >= 11 is 6.51. The minimum atomic E-state index is -0.222. The molecule has 10 heteroatoms. The largest absolute Gasteiger partial charge is 0.492 e. The number of nitrogens with zero attached hydrogens (tertiary/aromatic N) is 4. The van der Waals surface area contributed by atoms with Crippen molar-refractivity contribution in [3.05, 3.63) is 83.9 Å². The van der Waals surface area contributed by atoms with E-state index in [0.29, 0.717) is 52.1 Å². The third-order valence-electron chi connectivity index (χ3n) is 6.64. The van der Waals surface area contributed by atoms with Crippen LogP contribution in [0.4, 0.5) is 17.2 Å². The summed E-state index contributed by atoms with van der Waals surface area (Å²) in [6.07, 6.45) is 8.92. The Labute approximate surface area is 238 Å². The molecular formula is C30H31ClN6O3. The number of halogens is 1. The second-order valence-corrected chi connectivity index (χ2v) is 9.85. The Morgan fingerprint density at radius 2 is 2.02 bits per heavy atom. The number of hydrogen-bond acceptors (Lipinski definition) is 8. The van der Waals surface area contributed by atoms with Gasteiger partial charge >= 0.3 is 0 Å². The van der Waals surface area contributed by atoms with Gasteiger partial charge in [0.1, 0.15) is 30.3 Å². The molecule has 1 aliphatic rings. The molecule has 1 aliphatic heterocycles. The highest BCUT2D eigenvalue weighted by Gasteiger charge is 2.18. The van der Waals surface area contributed by atoms with Crippen LogP contribution in [-0.2, 0) is 11.4 Å². The van der Waals surface area contributed by atoms with Gasteiger partial charge in [-0.05, 0) is 69.8 Å². The van der Waals surface area contributed by atoms with Crippen LogP contribution in [0.2, 0.25) is 5.02 Å². The molecule has 0 aliphatic carbocycles. The molecule has 40 heavy (non-hydrogen) atoms. The van der Waals surface area contributed by atoms with Gasteiger partial charge in [0, 0.05) is 35.5 Å². The van der Waals surface area contributed by atoms with E-state index < -0.39 is 0 Å². The number of aromatic nitrogens is 3. The Balaban J connectivity index is 1.35. The Morgan fingerprint density at radius 1 is 1.12 bits per heavy atom. The molecule has 0 spiro atoms. The van der Waals surface area contributed by atoms with E-state index in [2.05, 4.69) is 37.5 Å². The molecule has 0 saturated carbocycles. The summed E-state index contributed by atoms with van der Waals surface area (Å²) in [6, 6.07) is 15.0. The van der Waals surface area contributed by atoms with E-state index in [1.165, 1.54) is 6.33 Å². The quantitative estimate of drug-likeness (QED) is 0.229. The summed E-state index contributed by atoms with van der Waals surface area (Å²) in [5.41, 5.74) is 2.74. The first kappa shape index (κ1) is 27.4. The summed E-state index contributed by atoms with van der Waals surface area (Å²) in [7, 11) is 2.07. The summed E-state index contributed by atoms with van der Waals surface area (Å²) in [4.78, 5) is 28.2. The van der Waals surface area contributed by atoms with Gasteiger partial charge in [-0.15, -0.1) is 0 Å². The normalized spacial score (nSPS) is 15.4. The number of hydrogen-bond donors (Lipinski definition) is 2. The number of pyridine rings is 1. The van der Waals surface area contributed by atoms with E-state index in [1.54, 1.807) is 30.5 Å². The minimum absolute atomic E-state index is 0.222. The molecule has 2 N–H and O–H groups in total. The highest BCUT2D eigenvalue weighted by molar-refractivity contribution is 6.32. The molecule has 206 valence electrons. The third-order valence-corrected chi connectivity index (χ3v) is 6.93. The van der Waals surface area contributed by atoms with E-state index in [0.717, 1.165) is 30.8 Å². The second kappa shape index (κ2) is 12.8. The van der Waals surface area contributed by atoms with Crippen LogP contribution in [0.3, 0.4) is 0 Å². The van der Waals surface area contributed by atoms with Crippen molar-refractivity contribution in [2.24, 2.45) is 0 Å². The van der Waals surface area contributed by atoms with Gasteiger partial charge in [0.25, 0.3) is 0 Å². The molecule has 3 heterocycles. The Kier molecular flexibility index (Phi) is 8.73. The van der Waals surface area contributed by atoms with Gasteiger partial charge < -0.3 is 20.1 Å². The number of fused-ring (bicyclic) bond motifs is 1. The average molecular weight is 559 g/mol. The van der Waals surface area contributed by atoms with Crippen molar-refractivity contribution >= 4 is 45.6 Å². The van der Waals surface area contributed by atoms with Gasteiger partial charge in [0.2, 0.25) is 5.91 Å². The third kappa shape index (κ3) is 6.67. The van der Waals surface area contributed by atoms with E-state index in [4.69, 9.17) is 21.1 Å². The monoisotopic (exact) mass is 558 g/mol. The van der Waals surface area contributed by atoms with Gasteiger partial charge in [0.05, 0.1) is 28.5 Å². The number of anilines is 3. The Bertz CT molecular complexity index is 1510. The molecule has 1 amide bonds. The zero-order valence-electron chi connectivity index (χ0n) is 22.4. The van der Waals surface area contributed by atoms with Gasteiger partial charge in [0.15, 0.2) is 0 Å². The first-order valence-electron chi connectivity index (χ1n) is 13.2. The molecule has 9 nitrogen and oxygen atoms in total. The lowest BCUT2D eigenvalue weighted by Gasteiger charge is -2.16. The van der Waals surface area contributed by atoms with E-state index >= 15 is 0 Å². The summed E-state index contributed by atoms with van der Waals surface area (Å²) in [5, 5.41) is 7.44. The summed E-state index contributed by atoms with van der Waals surface area (Å²) in [5.74, 6) is 1.43. The SMILES string of the molecule is CCOc1cc2ncnc(Nc3ccc(OCc4ccccn4)c(Cl)c3)c2cc1NC(=O)/C=C/[C@@H]1CCCN1C. The predicted octanol–water partition coefficient (Wildman–Crippen LogP) is 5.99. The molecule has 0 radical (unpaired) electrons. The van der Waals surface area contributed by atoms with Gasteiger partial charge in [-0.25, -0.2) is 9.97 Å². The summed E-state index contributed by atoms with van der Waals surface area (Å²) < 4.78 is 11.7. The first-order valence-corrected chi connectivity index (χ1v) is 13.6. The van der Waals surface area contributed by atoms with Crippen LogP contribution in [0.25, 0.3) is 10.9 Å². The number of rotatable bonds is 10. The number of benzene rings is 2. The lowest BCUT2D eigenvalue weighted by atomic mass is 10.1. The molecule has 1 atom stereocenters. The van der Waals surface area contributed by atoms with Crippen molar-refractivity contribution in [1.29, 1.82) is 0 Å². The smallest absolute Gasteiger partial charge is 0.248 e. The zero-order chi connectivity index (χ0) is 27.9. The Hall–Kier alpha value is -4.21. The maximum Gasteiger partial charge on any atom is 0.248 e. The maximum absolute atomic E-state index is 12.8. The number of nitrogens with one attached hydrogen (secondary N) is 2. The molecule has 0 unspecified atom stereocenters. The second-order valence-electron chi connectivity index (χ2n) is 9.44. The minimum Gasteiger partial charge on any atom is -0.492 e. The summed E-state index contributed by atoms with van der Waals surface area (Å²) in [6.45, 7) is 3.69. The predicted molar refractivity (Wildman–Crippen MR) is 157 cm³/mol. The van der Waals surface area contributed by atoms with Crippen molar-refractivity contribution < 1.29 is 14.3 Å². The van der Waals surface area contributed by atoms with Crippen LogP contribution in [0.15, 0.2) is 73.2 Å². The molecular weight excluding hydrogens is 528 g/mol. The van der Waals surface area contributed by atoms with E-state index in [-0.39, 0.29) is 11.9 Å². The van der Waals surface area contributed by atoms with Crippen molar-refractivity contribution in [2.75, 3.05) is 30.8 Å². The van der Waals surface area contributed by atoms with Crippen LogP contribution in [0.5, 0.6) is 11.5 Å². The molecule has 2 aromatic carbocycles. The molecule has 0 bridgehead atoms. The van der Waals surface area contributed by atoms with Crippen LogP contribution >= 0.6 is 11.6 Å². The highest BCUT2D eigenvalue weighted by Crippen LogP contribution is 2.35. The van der Waals surface area contributed by atoms with Gasteiger partial charge in [-0.1, -0.05) is 23.7 Å². The molecule has 2 aromatic heterocycles. The fourth-order valence-corrected chi connectivity index (χ4v) is 4.81. The molecule has 4 aromatic rings. The van der Waals surface area contributed by atoms with Crippen LogP contribution in [0, 0.1) is 0 Å². The fourth-order valence-electron chi connectivity index (χ4n) is 4.58. The number of carbonyl (C=O) groups excluding carboxylic acids is 1. The van der Waals surface area contributed by atoms with Crippen molar-refractivity contribution in [1.82, 2.24) is 19.9 Å². The van der Waals surface area contributed by atoms with Crippen LogP contribution in [-0.4, -0.2) is 52.0 Å². The molecule has 1 saturated heterocycles. The standard InChI is InChI=1S/C30H31ClN6O3/c1-3-39-28-17-25-23(16-26(28)36-29(38)12-10-22-8-6-14-37(22)2)30(34-19-33-25)35-20-9-11-27(24(31)15-20)40-18-21-7-4-5-13-32-21/h4-5,7,9-13,15-17,19,22H,3,6,8,14,18H2,1-2H3,(H,36,38)(H,33,34,35)/b12-10+/t22-/m0/s1. The molecule has 5 rings (SSSR count). The average Bonchev–Trinajstić information content (AvgIpc) is 3.37. The van der Waals surface area contributed by atoms with Crippen LogP contribution in [0.1, 0.15) is 25.5 Å². The number of likely N-dealkylation sites (tertiary alicyclic amines) is 1.